The number of hydrogen-bond donors (Lipinski definition) is 2. The number of carboxylic acid groups (broad SMARTS) is 1. The van der Waals surface area contributed by atoms with Gasteiger partial charge in [0.25, 0.3) is 5.91 Å². The molecule has 0 bridgehead atoms. The first-order valence-corrected chi connectivity index (χ1v) is 6.59. The standard InChI is InChI=1S/C15H13NO6/c17-14(18)7-10(16-15(19)12-2-1-5-20-12)9-3-4-11-13(6-9)22-8-21-11/h1-6,10H,7-8H2,(H,16,19)(H,17,18)/t10-/m1/s1. The van der Waals surface area contributed by atoms with Gasteiger partial charge in [-0.25, -0.2) is 0 Å². The molecule has 3 rings (SSSR count). The van der Waals surface area contributed by atoms with Crippen LogP contribution in [0, 0.1) is 0 Å². The Balaban J connectivity index is 1.83. The number of ether oxygens (including phenoxy) is 2. The van der Waals surface area contributed by atoms with Gasteiger partial charge in [-0.2, -0.15) is 0 Å². The fourth-order valence-corrected chi connectivity index (χ4v) is 2.19. The molecule has 0 saturated carbocycles. The Morgan fingerprint density at radius 2 is 2.05 bits per heavy atom. The Morgan fingerprint density at radius 1 is 1.23 bits per heavy atom. The second-order valence-corrected chi connectivity index (χ2v) is 4.71. The molecule has 1 aliphatic heterocycles. The second-order valence-electron chi connectivity index (χ2n) is 4.71. The zero-order valence-electron chi connectivity index (χ0n) is 11.4. The fraction of sp³-hybridized carbons (Fsp3) is 0.200. The molecule has 0 saturated heterocycles. The van der Waals surface area contributed by atoms with E-state index in [9.17, 15) is 9.59 Å². The van der Waals surface area contributed by atoms with E-state index in [-0.39, 0.29) is 19.0 Å². The summed E-state index contributed by atoms with van der Waals surface area (Å²) >= 11 is 0. The van der Waals surface area contributed by atoms with Gasteiger partial charge in [0.2, 0.25) is 6.79 Å². The lowest BCUT2D eigenvalue weighted by atomic mass is 10.0. The van der Waals surface area contributed by atoms with E-state index in [1.807, 2.05) is 0 Å². The zero-order valence-corrected chi connectivity index (χ0v) is 11.4. The van der Waals surface area contributed by atoms with Gasteiger partial charge in [0.05, 0.1) is 18.7 Å². The van der Waals surface area contributed by atoms with Crippen LogP contribution in [0.4, 0.5) is 0 Å². The average molecular weight is 303 g/mol. The summed E-state index contributed by atoms with van der Waals surface area (Å²) in [6.07, 6.45) is 1.12. The minimum absolute atomic E-state index is 0.121. The smallest absolute Gasteiger partial charge is 0.305 e. The molecule has 1 aliphatic rings. The van der Waals surface area contributed by atoms with Gasteiger partial charge < -0.3 is 24.3 Å². The van der Waals surface area contributed by atoms with Crippen LogP contribution in [-0.4, -0.2) is 23.8 Å². The van der Waals surface area contributed by atoms with Crippen molar-refractivity contribution < 1.29 is 28.6 Å². The van der Waals surface area contributed by atoms with Crippen molar-refractivity contribution in [2.75, 3.05) is 6.79 Å². The third kappa shape index (κ3) is 2.88. The quantitative estimate of drug-likeness (QED) is 0.876. The summed E-state index contributed by atoms with van der Waals surface area (Å²) in [4.78, 5) is 23.1. The zero-order chi connectivity index (χ0) is 15.5. The molecule has 7 heteroatoms. The van der Waals surface area contributed by atoms with Crippen LogP contribution < -0.4 is 14.8 Å². The van der Waals surface area contributed by atoms with E-state index in [0.717, 1.165) is 0 Å². The van der Waals surface area contributed by atoms with Gasteiger partial charge in [-0.15, -0.1) is 0 Å². The highest BCUT2D eigenvalue weighted by atomic mass is 16.7. The largest absolute Gasteiger partial charge is 0.481 e. The number of carbonyl (C=O) groups excluding carboxylic acids is 1. The molecule has 0 fully saturated rings. The van der Waals surface area contributed by atoms with Gasteiger partial charge in [0.15, 0.2) is 17.3 Å². The Bertz CT molecular complexity index is 694. The third-order valence-corrected chi connectivity index (χ3v) is 3.23. The summed E-state index contributed by atoms with van der Waals surface area (Å²) in [5.41, 5.74) is 0.617. The van der Waals surface area contributed by atoms with Gasteiger partial charge in [-0.05, 0) is 29.8 Å². The van der Waals surface area contributed by atoms with Crippen molar-refractivity contribution in [3.63, 3.8) is 0 Å². The summed E-state index contributed by atoms with van der Waals surface area (Å²) in [6.45, 7) is 0.126. The molecule has 114 valence electrons. The number of aliphatic carboxylic acids is 1. The highest BCUT2D eigenvalue weighted by Crippen LogP contribution is 2.34. The van der Waals surface area contributed by atoms with Crippen LogP contribution in [0.1, 0.15) is 28.6 Å². The van der Waals surface area contributed by atoms with Gasteiger partial charge in [0, 0.05) is 0 Å². The predicted molar refractivity (Wildman–Crippen MR) is 73.7 cm³/mol. The molecule has 1 aromatic carbocycles. The van der Waals surface area contributed by atoms with E-state index in [4.69, 9.17) is 19.0 Å². The number of rotatable bonds is 5. The van der Waals surface area contributed by atoms with E-state index in [1.165, 1.54) is 12.3 Å². The second kappa shape index (κ2) is 5.80. The number of nitrogens with one attached hydrogen (secondary N) is 1. The highest BCUT2D eigenvalue weighted by Gasteiger charge is 2.23. The van der Waals surface area contributed by atoms with E-state index in [0.29, 0.717) is 17.1 Å². The lowest BCUT2D eigenvalue weighted by molar-refractivity contribution is -0.137. The number of hydrogen-bond acceptors (Lipinski definition) is 5. The SMILES string of the molecule is O=C(O)C[C@@H](NC(=O)c1ccco1)c1ccc2c(c1)OCO2. The fourth-order valence-electron chi connectivity index (χ4n) is 2.19. The van der Waals surface area contributed by atoms with Crippen LogP contribution in [0.5, 0.6) is 11.5 Å². The van der Waals surface area contributed by atoms with Gasteiger partial charge in [0.1, 0.15) is 0 Å². The van der Waals surface area contributed by atoms with Crippen LogP contribution in [0.25, 0.3) is 0 Å². The molecule has 2 N–H and O–H groups in total. The first kappa shape index (κ1) is 14.0. The molecule has 1 atom stereocenters. The van der Waals surface area contributed by atoms with E-state index in [1.54, 1.807) is 24.3 Å². The van der Waals surface area contributed by atoms with Gasteiger partial charge >= 0.3 is 5.97 Å². The molecule has 7 nitrogen and oxygen atoms in total. The van der Waals surface area contributed by atoms with Crippen LogP contribution in [0.2, 0.25) is 0 Å². The normalized spacial score (nSPS) is 13.6. The van der Waals surface area contributed by atoms with Crippen molar-refractivity contribution in [2.45, 2.75) is 12.5 Å². The predicted octanol–water partition coefficient (Wildman–Crippen LogP) is 1.95. The highest BCUT2D eigenvalue weighted by molar-refractivity contribution is 5.92. The molecule has 2 heterocycles. The number of fused-ring (bicyclic) bond motifs is 1. The maximum absolute atomic E-state index is 12.1. The molecule has 0 unspecified atom stereocenters. The van der Waals surface area contributed by atoms with E-state index >= 15 is 0 Å². The minimum atomic E-state index is -1.03. The lowest BCUT2D eigenvalue weighted by Gasteiger charge is -2.17. The van der Waals surface area contributed by atoms with Crippen molar-refractivity contribution in [2.24, 2.45) is 0 Å². The van der Waals surface area contributed by atoms with Crippen molar-refractivity contribution in [3.8, 4) is 11.5 Å². The number of carboxylic acids is 1. The van der Waals surface area contributed by atoms with Crippen molar-refractivity contribution in [1.82, 2.24) is 5.32 Å². The Morgan fingerprint density at radius 3 is 2.77 bits per heavy atom. The Kier molecular flexibility index (Phi) is 3.69. The Hall–Kier alpha value is -2.96. The maximum Gasteiger partial charge on any atom is 0.305 e. The minimum Gasteiger partial charge on any atom is -0.481 e. The monoisotopic (exact) mass is 303 g/mol. The molecule has 0 radical (unpaired) electrons. The molecule has 1 amide bonds. The van der Waals surface area contributed by atoms with E-state index in [2.05, 4.69) is 5.32 Å². The summed E-state index contributed by atoms with van der Waals surface area (Å²) in [5, 5.41) is 11.7. The molecule has 0 spiro atoms. The summed E-state index contributed by atoms with van der Waals surface area (Å²) in [6, 6.07) is 7.44. The van der Waals surface area contributed by atoms with Crippen molar-refractivity contribution in [1.29, 1.82) is 0 Å². The molecular weight excluding hydrogens is 290 g/mol. The number of benzene rings is 1. The van der Waals surface area contributed by atoms with Crippen molar-refractivity contribution in [3.05, 3.63) is 47.9 Å². The summed E-state index contributed by atoms with van der Waals surface area (Å²) in [5.74, 6) is -0.261. The van der Waals surface area contributed by atoms with Gasteiger partial charge in [-0.3, -0.25) is 9.59 Å². The number of amides is 1. The number of carbonyl (C=O) groups is 2. The van der Waals surface area contributed by atoms with Crippen LogP contribution in [-0.2, 0) is 4.79 Å². The molecule has 0 aliphatic carbocycles. The third-order valence-electron chi connectivity index (χ3n) is 3.23. The van der Waals surface area contributed by atoms with Crippen LogP contribution >= 0.6 is 0 Å². The first-order chi connectivity index (χ1) is 10.6. The van der Waals surface area contributed by atoms with E-state index < -0.39 is 17.9 Å². The molecule has 22 heavy (non-hydrogen) atoms. The summed E-state index contributed by atoms with van der Waals surface area (Å²) < 4.78 is 15.5. The van der Waals surface area contributed by atoms with Crippen LogP contribution in [0.3, 0.4) is 0 Å². The summed E-state index contributed by atoms with van der Waals surface area (Å²) in [7, 11) is 0. The van der Waals surface area contributed by atoms with Crippen LogP contribution in [0.15, 0.2) is 41.0 Å². The average Bonchev–Trinajstić information content (AvgIpc) is 3.16. The molecule has 2 aromatic rings. The number of furan rings is 1. The lowest BCUT2D eigenvalue weighted by Crippen LogP contribution is -2.29. The first-order valence-electron chi connectivity index (χ1n) is 6.59. The Labute approximate surface area is 125 Å². The van der Waals surface area contributed by atoms with Crippen molar-refractivity contribution >= 4 is 11.9 Å². The maximum atomic E-state index is 12.1. The molecular formula is C15H13NO6. The topological polar surface area (TPSA) is 98.0 Å². The van der Waals surface area contributed by atoms with Gasteiger partial charge in [-0.1, -0.05) is 6.07 Å². The molecule has 1 aromatic heterocycles.